The third kappa shape index (κ3) is 3.20. The summed E-state index contributed by atoms with van der Waals surface area (Å²) in [6.45, 7) is 1.99. The quantitative estimate of drug-likeness (QED) is 0.863. The topological polar surface area (TPSA) is 64.1 Å². The van der Waals surface area contributed by atoms with Crippen LogP contribution >= 0.6 is 0 Å². The van der Waals surface area contributed by atoms with Gasteiger partial charge in [-0.1, -0.05) is 0 Å². The lowest BCUT2D eigenvalue weighted by Crippen LogP contribution is -2.49. The lowest BCUT2D eigenvalue weighted by molar-refractivity contribution is -0.132. The van der Waals surface area contributed by atoms with Crippen molar-refractivity contribution in [1.29, 1.82) is 0 Å². The summed E-state index contributed by atoms with van der Waals surface area (Å²) in [5, 5.41) is 3.20. The van der Waals surface area contributed by atoms with Crippen molar-refractivity contribution in [2.24, 2.45) is 29.6 Å². The van der Waals surface area contributed by atoms with Gasteiger partial charge in [0, 0.05) is 24.0 Å². The summed E-state index contributed by atoms with van der Waals surface area (Å²) in [6, 6.07) is 7.77. The zero-order valence-electron chi connectivity index (χ0n) is 15.6. The Bertz CT molecular complexity index is 824. The largest absolute Gasteiger partial charge is 0.424 e. The van der Waals surface area contributed by atoms with Crippen molar-refractivity contribution in [3.63, 3.8) is 0 Å². The molecule has 4 bridgehead atoms. The molecule has 0 radical (unpaired) electrons. The highest BCUT2D eigenvalue weighted by Gasteiger charge is 2.50. The average molecular weight is 363 g/mol. The van der Waals surface area contributed by atoms with E-state index < -0.39 is 0 Å². The van der Waals surface area contributed by atoms with Crippen LogP contribution in [-0.2, 0) is 4.79 Å². The zero-order valence-corrected chi connectivity index (χ0v) is 15.6. The van der Waals surface area contributed by atoms with E-state index in [0.717, 1.165) is 23.1 Å². The van der Waals surface area contributed by atoms with Gasteiger partial charge < -0.3 is 10.1 Å². The molecule has 0 atom stereocenters. The maximum absolute atomic E-state index is 13.1. The van der Waals surface area contributed by atoms with E-state index in [4.69, 9.17) is 4.74 Å². The summed E-state index contributed by atoms with van der Waals surface area (Å²) >= 11 is 0. The van der Waals surface area contributed by atoms with E-state index in [0.29, 0.717) is 23.6 Å². The van der Waals surface area contributed by atoms with E-state index in [1.54, 1.807) is 18.5 Å². The van der Waals surface area contributed by atoms with Crippen LogP contribution in [0.1, 0.15) is 37.7 Å². The van der Waals surface area contributed by atoms with E-state index in [9.17, 15) is 4.79 Å². The summed E-state index contributed by atoms with van der Waals surface area (Å²) < 4.78 is 5.68. The molecule has 4 saturated carbocycles. The van der Waals surface area contributed by atoms with Gasteiger partial charge >= 0.3 is 6.01 Å². The van der Waals surface area contributed by atoms with Gasteiger partial charge in [-0.15, -0.1) is 0 Å². The van der Waals surface area contributed by atoms with Crippen molar-refractivity contribution in [2.45, 2.75) is 39.0 Å². The van der Waals surface area contributed by atoms with Gasteiger partial charge in [-0.3, -0.25) is 4.79 Å². The predicted molar refractivity (Wildman–Crippen MR) is 102 cm³/mol. The summed E-state index contributed by atoms with van der Waals surface area (Å²) in [4.78, 5) is 21.2. The van der Waals surface area contributed by atoms with E-state index >= 15 is 0 Å². The number of nitrogens with one attached hydrogen (secondary N) is 1. The fourth-order valence-corrected chi connectivity index (χ4v) is 5.85. The molecule has 6 rings (SSSR count). The molecule has 0 saturated heterocycles. The molecule has 27 heavy (non-hydrogen) atoms. The van der Waals surface area contributed by atoms with Gasteiger partial charge in [0.2, 0.25) is 5.91 Å². The van der Waals surface area contributed by atoms with Gasteiger partial charge in [0.1, 0.15) is 5.75 Å². The van der Waals surface area contributed by atoms with Crippen molar-refractivity contribution in [3.05, 3.63) is 42.2 Å². The second-order valence-electron chi connectivity index (χ2n) is 8.56. The number of benzene rings is 1. The fraction of sp³-hybridized carbons (Fsp3) is 0.500. The Labute approximate surface area is 159 Å². The minimum atomic E-state index is 0.200. The van der Waals surface area contributed by atoms with Crippen LogP contribution in [0.4, 0.5) is 5.69 Å². The van der Waals surface area contributed by atoms with Crippen LogP contribution in [0.25, 0.3) is 0 Å². The second-order valence-corrected chi connectivity index (χ2v) is 8.56. The lowest BCUT2D eigenvalue weighted by Gasteiger charge is -2.53. The Balaban J connectivity index is 1.29. The monoisotopic (exact) mass is 363 g/mol. The molecule has 0 aliphatic heterocycles. The molecule has 1 N–H and O–H groups in total. The van der Waals surface area contributed by atoms with Gasteiger partial charge in [-0.25, -0.2) is 9.97 Å². The number of nitrogens with zero attached hydrogens (tertiary/aromatic N) is 2. The molecule has 1 aromatic carbocycles. The molecular formula is C22H25N3O2. The standard InChI is InChI=1S/C22H25N3O2/c1-13-7-18(27-22-23-5-2-6-24-22)3-4-19(13)25-21(26)20-16-9-14-8-15(11-16)12-17(20)10-14/h2-7,14-17,20H,8-12H2,1H3,(H,25,26). The maximum Gasteiger partial charge on any atom is 0.321 e. The van der Waals surface area contributed by atoms with Crippen LogP contribution < -0.4 is 10.1 Å². The average Bonchev–Trinajstić information content (AvgIpc) is 2.64. The summed E-state index contributed by atoms with van der Waals surface area (Å²) in [6.07, 6.45) is 9.74. The maximum atomic E-state index is 13.1. The molecule has 4 aliphatic rings. The Morgan fingerprint density at radius 2 is 1.70 bits per heavy atom. The summed E-state index contributed by atoms with van der Waals surface area (Å²) in [5.41, 5.74) is 1.86. The number of carbonyl (C=O) groups excluding carboxylic acids is 1. The molecule has 4 aliphatic carbocycles. The summed E-state index contributed by atoms with van der Waals surface area (Å²) in [5.74, 6) is 4.05. The highest BCUT2D eigenvalue weighted by Crippen LogP contribution is 2.56. The highest BCUT2D eigenvalue weighted by molar-refractivity contribution is 5.94. The number of hydrogen-bond acceptors (Lipinski definition) is 4. The number of rotatable bonds is 4. The first-order valence-electron chi connectivity index (χ1n) is 10.0. The number of anilines is 1. The zero-order chi connectivity index (χ0) is 18.4. The van der Waals surface area contributed by atoms with Gasteiger partial charge in [-0.2, -0.15) is 0 Å². The SMILES string of the molecule is Cc1cc(Oc2ncccn2)ccc1NC(=O)C1C2CC3CC(C2)CC1C3. The minimum Gasteiger partial charge on any atom is -0.424 e. The van der Waals surface area contributed by atoms with Crippen molar-refractivity contribution < 1.29 is 9.53 Å². The van der Waals surface area contributed by atoms with Crippen LogP contribution in [0.15, 0.2) is 36.7 Å². The molecule has 0 spiro atoms. The van der Waals surface area contributed by atoms with Crippen molar-refractivity contribution in [2.75, 3.05) is 5.32 Å². The number of carbonyl (C=O) groups is 1. The molecule has 1 amide bonds. The van der Waals surface area contributed by atoms with Crippen LogP contribution in [0.3, 0.4) is 0 Å². The first kappa shape index (κ1) is 16.7. The van der Waals surface area contributed by atoms with Gasteiger partial charge in [-0.05, 0) is 92.5 Å². The molecule has 2 aromatic rings. The van der Waals surface area contributed by atoms with Crippen LogP contribution in [0.5, 0.6) is 11.8 Å². The van der Waals surface area contributed by atoms with Crippen LogP contribution in [-0.4, -0.2) is 15.9 Å². The Kier molecular flexibility index (Phi) is 4.10. The van der Waals surface area contributed by atoms with E-state index in [1.807, 2.05) is 25.1 Å². The van der Waals surface area contributed by atoms with E-state index in [2.05, 4.69) is 15.3 Å². The molecule has 4 fully saturated rings. The lowest BCUT2D eigenvalue weighted by atomic mass is 9.51. The van der Waals surface area contributed by atoms with Crippen LogP contribution in [0.2, 0.25) is 0 Å². The molecule has 1 heterocycles. The van der Waals surface area contributed by atoms with Crippen molar-refractivity contribution in [3.8, 4) is 11.8 Å². The Morgan fingerprint density at radius 1 is 1.04 bits per heavy atom. The molecule has 140 valence electrons. The second kappa shape index (κ2) is 6.63. The fourth-order valence-electron chi connectivity index (χ4n) is 5.85. The van der Waals surface area contributed by atoms with E-state index in [-0.39, 0.29) is 11.8 Å². The predicted octanol–water partition coefficient (Wildman–Crippen LogP) is 4.59. The van der Waals surface area contributed by atoms with Gasteiger partial charge in [0.15, 0.2) is 0 Å². The number of hydrogen-bond donors (Lipinski definition) is 1. The number of ether oxygens (including phenoxy) is 1. The number of aromatic nitrogens is 2. The molecule has 5 nitrogen and oxygen atoms in total. The Hall–Kier alpha value is -2.43. The normalized spacial score (nSPS) is 30.9. The highest BCUT2D eigenvalue weighted by atomic mass is 16.5. The number of aryl methyl sites for hydroxylation is 1. The third-order valence-electron chi connectivity index (χ3n) is 6.74. The van der Waals surface area contributed by atoms with Gasteiger partial charge in [0.25, 0.3) is 0 Å². The third-order valence-corrected chi connectivity index (χ3v) is 6.74. The Morgan fingerprint density at radius 3 is 2.33 bits per heavy atom. The molecular weight excluding hydrogens is 338 g/mol. The van der Waals surface area contributed by atoms with Crippen molar-refractivity contribution in [1.82, 2.24) is 9.97 Å². The first-order valence-corrected chi connectivity index (χ1v) is 10.0. The summed E-state index contributed by atoms with van der Waals surface area (Å²) in [7, 11) is 0. The molecule has 5 heteroatoms. The van der Waals surface area contributed by atoms with E-state index in [1.165, 1.54) is 32.1 Å². The number of amides is 1. The van der Waals surface area contributed by atoms with Gasteiger partial charge in [0.05, 0.1) is 0 Å². The molecule has 0 unspecified atom stereocenters. The molecule has 1 aromatic heterocycles. The van der Waals surface area contributed by atoms with Crippen molar-refractivity contribution >= 4 is 11.6 Å². The smallest absolute Gasteiger partial charge is 0.321 e. The minimum absolute atomic E-state index is 0.200. The first-order chi connectivity index (χ1) is 13.2. The van der Waals surface area contributed by atoms with Crippen LogP contribution in [0, 0.1) is 36.5 Å².